The van der Waals surface area contributed by atoms with Crippen molar-refractivity contribution in [3.05, 3.63) is 99.7 Å². The van der Waals surface area contributed by atoms with Crippen LogP contribution >= 0.6 is 11.6 Å². The normalized spacial score (nSPS) is 14.8. The first-order valence-corrected chi connectivity index (χ1v) is 15.2. The average molecular weight is 605 g/mol. The zero-order chi connectivity index (χ0) is 29.5. The molecule has 0 bridgehead atoms. The van der Waals surface area contributed by atoms with Crippen molar-refractivity contribution in [1.29, 1.82) is 0 Å². The topological polar surface area (TPSA) is 88.4 Å². The Balaban J connectivity index is 1.42. The molecule has 1 saturated carbocycles. The van der Waals surface area contributed by atoms with Gasteiger partial charge in [0.05, 0.1) is 28.9 Å². The highest BCUT2D eigenvalue weighted by molar-refractivity contribution is 7.91. The highest BCUT2D eigenvalue weighted by Gasteiger charge is 2.34. The van der Waals surface area contributed by atoms with E-state index in [4.69, 9.17) is 11.6 Å². The van der Waals surface area contributed by atoms with Crippen LogP contribution in [0, 0.1) is 0 Å². The fourth-order valence-corrected chi connectivity index (χ4v) is 6.10. The van der Waals surface area contributed by atoms with Gasteiger partial charge in [-0.3, -0.25) is 4.79 Å². The van der Waals surface area contributed by atoms with Crippen LogP contribution in [0.2, 0.25) is 5.02 Å². The van der Waals surface area contributed by atoms with Gasteiger partial charge in [0.1, 0.15) is 0 Å². The van der Waals surface area contributed by atoms with E-state index >= 15 is 0 Å². The van der Waals surface area contributed by atoms with Crippen LogP contribution in [-0.4, -0.2) is 36.4 Å². The van der Waals surface area contributed by atoms with Crippen LogP contribution in [0.1, 0.15) is 64.6 Å². The van der Waals surface area contributed by atoms with E-state index in [-0.39, 0.29) is 33.7 Å². The molecule has 6 nitrogen and oxygen atoms in total. The lowest BCUT2D eigenvalue weighted by Gasteiger charge is -2.17. The van der Waals surface area contributed by atoms with Crippen LogP contribution in [0.3, 0.4) is 0 Å². The second-order valence-corrected chi connectivity index (χ2v) is 12.9. The van der Waals surface area contributed by atoms with Gasteiger partial charge in [0.2, 0.25) is 0 Å². The Labute approximate surface area is 240 Å². The summed E-state index contributed by atoms with van der Waals surface area (Å²) in [6.07, 6.45) is -2.66. The standard InChI is InChI=1S/C30H28ClF3N2O4S/c1-2-41(39,40)25-10-4-18(5-11-25)27(17-37)35-29(38)20-6-12-28-21(13-20)15-24(36(28)23-8-9-23)14-19-3-7-22(31)16-26(19)30(32,33)34/h3-7,10-13,15-16,23,27,37H,2,8-9,14,17H2,1H3,(H,35,38)/t27-/m0/s1. The summed E-state index contributed by atoms with van der Waals surface area (Å²) in [5.74, 6) is -0.489. The third-order valence-corrected chi connectivity index (χ3v) is 9.34. The SMILES string of the molecule is CCS(=O)(=O)c1ccc([C@H](CO)NC(=O)c2ccc3c(c2)cc(Cc2ccc(Cl)cc2C(F)(F)F)n3C2CC2)cc1. The van der Waals surface area contributed by atoms with E-state index < -0.39 is 40.1 Å². The molecule has 0 unspecified atom stereocenters. The third kappa shape index (κ3) is 6.14. The summed E-state index contributed by atoms with van der Waals surface area (Å²) in [7, 11) is -3.38. The Morgan fingerprint density at radius 3 is 2.39 bits per heavy atom. The molecule has 4 aromatic rings. The first-order chi connectivity index (χ1) is 19.4. The lowest BCUT2D eigenvalue weighted by atomic mass is 10.0. The number of aromatic nitrogens is 1. The molecule has 1 atom stereocenters. The maximum absolute atomic E-state index is 13.7. The molecule has 1 aliphatic rings. The van der Waals surface area contributed by atoms with E-state index in [9.17, 15) is 31.5 Å². The molecule has 2 N–H and O–H groups in total. The van der Waals surface area contributed by atoms with Crippen LogP contribution in [0.5, 0.6) is 0 Å². The van der Waals surface area contributed by atoms with Gasteiger partial charge in [-0.1, -0.05) is 36.7 Å². The third-order valence-electron chi connectivity index (χ3n) is 7.35. The molecule has 0 radical (unpaired) electrons. The number of carbonyl (C=O) groups excluding carboxylic acids is 1. The summed E-state index contributed by atoms with van der Waals surface area (Å²) >= 11 is 5.86. The van der Waals surface area contributed by atoms with Gasteiger partial charge >= 0.3 is 6.18 Å². The molecule has 1 aliphatic carbocycles. The van der Waals surface area contributed by atoms with Crippen molar-refractivity contribution in [3.8, 4) is 0 Å². The predicted molar refractivity (Wildman–Crippen MR) is 151 cm³/mol. The number of fused-ring (bicyclic) bond motifs is 1. The molecule has 216 valence electrons. The van der Waals surface area contributed by atoms with E-state index in [0.717, 1.165) is 29.8 Å². The van der Waals surface area contributed by atoms with Crippen molar-refractivity contribution in [2.75, 3.05) is 12.4 Å². The number of sulfone groups is 1. The molecule has 0 aliphatic heterocycles. The quantitative estimate of drug-likeness (QED) is 0.228. The molecule has 5 rings (SSSR count). The van der Waals surface area contributed by atoms with E-state index in [1.807, 2.05) is 10.6 Å². The number of halogens is 4. The number of aliphatic hydroxyl groups is 1. The Kier molecular flexibility index (Phi) is 7.93. The van der Waals surface area contributed by atoms with Gasteiger partial charge in [-0.05, 0) is 72.5 Å². The van der Waals surface area contributed by atoms with Crippen molar-refractivity contribution in [2.24, 2.45) is 0 Å². The van der Waals surface area contributed by atoms with Gasteiger partial charge in [0.15, 0.2) is 9.84 Å². The molecule has 1 aromatic heterocycles. The Hall–Kier alpha value is -3.34. The molecular formula is C30H28ClF3N2O4S. The molecule has 3 aromatic carbocycles. The van der Waals surface area contributed by atoms with Crippen LogP contribution in [-0.2, 0) is 22.4 Å². The van der Waals surface area contributed by atoms with Gasteiger partial charge in [-0.15, -0.1) is 0 Å². The largest absolute Gasteiger partial charge is 0.416 e. The van der Waals surface area contributed by atoms with Crippen molar-refractivity contribution in [2.45, 2.75) is 49.3 Å². The fourth-order valence-electron chi connectivity index (χ4n) is 5.05. The molecule has 41 heavy (non-hydrogen) atoms. The summed E-state index contributed by atoms with van der Waals surface area (Å²) in [6, 6.07) is 16.1. The summed E-state index contributed by atoms with van der Waals surface area (Å²) in [5.41, 5.74) is 1.75. The van der Waals surface area contributed by atoms with Gasteiger partial charge in [-0.25, -0.2) is 8.42 Å². The number of rotatable bonds is 9. The lowest BCUT2D eigenvalue weighted by molar-refractivity contribution is -0.138. The molecule has 0 spiro atoms. The number of nitrogens with one attached hydrogen (secondary N) is 1. The number of hydrogen-bond acceptors (Lipinski definition) is 4. The number of carbonyl (C=O) groups is 1. The van der Waals surface area contributed by atoms with Crippen LogP contribution < -0.4 is 5.32 Å². The number of aliphatic hydroxyl groups excluding tert-OH is 1. The zero-order valence-electron chi connectivity index (χ0n) is 22.1. The number of hydrogen-bond donors (Lipinski definition) is 2. The van der Waals surface area contributed by atoms with Crippen molar-refractivity contribution in [1.82, 2.24) is 9.88 Å². The van der Waals surface area contributed by atoms with E-state index in [1.165, 1.54) is 24.3 Å². The Morgan fingerprint density at radius 2 is 1.78 bits per heavy atom. The monoisotopic (exact) mass is 604 g/mol. The minimum absolute atomic E-state index is 0.0163. The molecule has 1 heterocycles. The summed E-state index contributed by atoms with van der Waals surface area (Å²) in [6.45, 7) is 1.15. The second-order valence-electron chi connectivity index (χ2n) is 10.2. The molecule has 11 heteroatoms. The highest BCUT2D eigenvalue weighted by Crippen LogP contribution is 2.41. The first kappa shape index (κ1) is 29.2. The average Bonchev–Trinajstić information content (AvgIpc) is 3.72. The second kappa shape index (κ2) is 11.2. The van der Waals surface area contributed by atoms with E-state index in [1.54, 1.807) is 37.3 Å². The van der Waals surface area contributed by atoms with Crippen molar-refractivity contribution < 1.29 is 31.5 Å². The van der Waals surface area contributed by atoms with Crippen molar-refractivity contribution in [3.63, 3.8) is 0 Å². The van der Waals surface area contributed by atoms with Gasteiger partial charge in [-0.2, -0.15) is 13.2 Å². The minimum Gasteiger partial charge on any atom is -0.394 e. The Bertz CT molecular complexity index is 1710. The van der Waals surface area contributed by atoms with E-state index in [0.29, 0.717) is 16.8 Å². The maximum atomic E-state index is 13.7. The number of benzene rings is 3. The molecular weight excluding hydrogens is 577 g/mol. The van der Waals surface area contributed by atoms with Crippen molar-refractivity contribution >= 4 is 38.2 Å². The highest BCUT2D eigenvalue weighted by atomic mass is 35.5. The predicted octanol–water partition coefficient (Wildman–Crippen LogP) is 6.50. The zero-order valence-corrected chi connectivity index (χ0v) is 23.7. The minimum atomic E-state index is -4.55. The summed E-state index contributed by atoms with van der Waals surface area (Å²) in [4.78, 5) is 13.3. The van der Waals surface area contributed by atoms with Crippen LogP contribution in [0.15, 0.2) is 71.6 Å². The number of nitrogens with zero attached hydrogens (tertiary/aromatic N) is 1. The first-order valence-electron chi connectivity index (χ1n) is 13.1. The molecule has 0 saturated heterocycles. The van der Waals surface area contributed by atoms with Gasteiger partial charge in [0.25, 0.3) is 5.91 Å². The van der Waals surface area contributed by atoms with E-state index in [2.05, 4.69) is 5.32 Å². The van der Waals surface area contributed by atoms with Gasteiger partial charge in [0, 0.05) is 39.6 Å². The maximum Gasteiger partial charge on any atom is 0.416 e. The van der Waals surface area contributed by atoms with Crippen LogP contribution in [0.25, 0.3) is 10.9 Å². The summed E-state index contributed by atoms with van der Waals surface area (Å²) in [5, 5.41) is 13.5. The fraction of sp³-hybridized carbons (Fsp3) is 0.300. The summed E-state index contributed by atoms with van der Waals surface area (Å²) < 4.78 is 67.5. The molecule has 1 fully saturated rings. The smallest absolute Gasteiger partial charge is 0.394 e. The van der Waals surface area contributed by atoms with Gasteiger partial charge < -0.3 is 15.0 Å². The van der Waals surface area contributed by atoms with Crippen LogP contribution in [0.4, 0.5) is 13.2 Å². The number of alkyl halides is 3. The Morgan fingerprint density at radius 1 is 1.07 bits per heavy atom. The number of amides is 1. The molecule has 1 amide bonds. The lowest BCUT2D eigenvalue weighted by Crippen LogP contribution is -2.30.